The Balaban J connectivity index is 0. The molecule has 0 bridgehead atoms. The minimum absolute atomic E-state index is 0.0828. The van der Waals surface area contributed by atoms with Crippen LogP contribution in [0.3, 0.4) is 0 Å². The van der Waals surface area contributed by atoms with Gasteiger partial charge in [0.25, 0.3) is 0 Å². The summed E-state index contributed by atoms with van der Waals surface area (Å²) in [6.45, 7) is 8.00. The SMILES string of the molecule is CC.CC.COC(=O)C1CCC(C(=O)O)CC1. The van der Waals surface area contributed by atoms with E-state index in [1.165, 1.54) is 7.11 Å². The summed E-state index contributed by atoms with van der Waals surface area (Å²) < 4.78 is 4.60. The fourth-order valence-corrected chi connectivity index (χ4v) is 1.74. The Morgan fingerprint density at radius 1 is 0.941 bits per heavy atom. The molecule has 17 heavy (non-hydrogen) atoms. The highest BCUT2D eigenvalue weighted by atomic mass is 16.5. The third-order valence-electron chi connectivity index (χ3n) is 2.61. The van der Waals surface area contributed by atoms with Crippen LogP contribution in [0.5, 0.6) is 0 Å². The zero-order valence-electron chi connectivity index (χ0n) is 11.7. The molecule has 1 fully saturated rings. The topological polar surface area (TPSA) is 63.6 Å². The smallest absolute Gasteiger partial charge is 0.308 e. The summed E-state index contributed by atoms with van der Waals surface area (Å²) in [7, 11) is 1.37. The van der Waals surface area contributed by atoms with Gasteiger partial charge in [-0.3, -0.25) is 9.59 Å². The van der Waals surface area contributed by atoms with Crippen LogP contribution in [0.1, 0.15) is 53.4 Å². The Labute approximate surface area is 104 Å². The van der Waals surface area contributed by atoms with E-state index in [9.17, 15) is 9.59 Å². The van der Waals surface area contributed by atoms with E-state index < -0.39 is 5.97 Å². The monoisotopic (exact) mass is 246 g/mol. The van der Waals surface area contributed by atoms with Crippen LogP contribution in [0, 0.1) is 11.8 Å². The quantitative estimate of drug-likeness (QED) is 0.760. The predicted octanol–water partition coefficient (Wildman–Crippen LogP) is 3.10. The van der Waals surface area contributed by atoms with Crippen molar-refractivity contribution in [3.8, 4) is 0 Å². The van der Waals surface area contributed by atoms with Crippen molar-refractivity contribution in [1.82, 2.24) is 0 Å². The average Bonchev–Trinajstić information content (AvgIpc) is 2.42. The Morgan fingerprint density at radius 2 is 1.29 bits per heavy atom. The molecule has 0 unspecified atom stereocenters. The minimum Gasteiger partial charge on any atom is -0.481 e. The molecule has 1 aliphatic rings. The molecule has 4 heteroatoms. The second-order valence-electron chi connectivity index (χ2n) is 3.41. The molecule has 1 rings (SSSR count). The van der Waals surface area contributed by atoms with Crippen LogP contribution in [-0.2, 0) is 14.3 Å². The van der Waals surface area contributed by atoms with Crippen molar-refractivity contribution in [1.29, 1.82) is 0 Å². The Hall–Kier alpha value is -1.06. The van der Waals surface area contributed by atoms with E-state index in [1.54, 1.807) is 0 Å². The van der Waals surface area contributed by atoms with Crippen LogP contribution >= 0.6 is 0 Å². The summed E-state index contributed by atoms with van der Waals surface area (Å²) in [6, 6.07) is 0. The lowest BCUT2D eigenvalue weighted by Gasteiger charge is -2.23. The molecule has 102 valence electrons. The summed E-state index contributed by atoms with van der Waals surface area (Å²) in [5, 5.41) is 8.70. The number of carboxylic acids is 1. The van der Waals surface area contributed by atoms with Crippen LogP contribution in [0.15, 0.2) is 0 Å². The number of carbonyl (C=O) groups excluding carboxylic acids is 1. The molecule has 1 saturated carbocycles. The number of carboxylic acid groups (broad SMARTS) is 1. The fraction of sp³-hybridized carbons (Fsp3) is 0.846. The lowest BCUT2D eigenvalue weighted by atomic mass is 9.82. The summed E-state index contributed by atoms with van der Waals surface area (Å²) in [4.78, 5) is 21.7. The van der Waals surface area contributed by atoms with Gasteiger partial charge in [0.2, 0.25) is 0 Å². The van der Waals surface area contributed by atoms with Gasteiger partial charge in [0.15, 0.2) is 0 Å². The summed E-state index contributed by atoms with van der Waals surface area (Å²) in [5.74, 6) is -1.30. The van der Waals surface area contributed by atoms with E-state index in [2.05, 4.69) is 4.74 Å². The van der Waals surface area contributed by atoms with Crippen molar-refractivity contribution in [3.05, 3.63) is 0 Å². The number of methoxy groups -OCH3 is 1. The van der Waals surface area contributed by atoms with E-state index in [0.29, 0.717) is 25.7 Å². The summed E-state index contributed by atoms with van der Waals surface area (Å²) in [6.07, 6.45) is 2.47. The van der Waals surface area contributed by atoms with Crippen molar-refractivity contribution in [2.45, 2.75) is 53.4 Å². The molecule has 0 atom stereocenters. The van der Waals surface area contributed by atoms with Gasteiger partial charge < -0.3 is 9.84 Å². The van der Waals surface area contributed by atoms with E-state index in [-0.39, 0.29) is 17.8 Å². The Morgan fingerprint density at radius 3 is 1.59 bits per heavy atom. The molecule has 0 saturated heterocycles. The minimum atomic E-state index is -0.747. The predicted molar refractivity (Wildman–Crippen MR) is 67.8 cm³/mol. The largest absolute Gasteiger partial charge is 0.481 e. The van der Waals surface area contributed by atoms with Crippen LogP contribution in [-0.4, -0.2) is 24.2 Å². The third kappa shape index (κ3) is 6.97. The first kappa shape index (κ1) is 18.3. The van der Waals surface area contributed by atoms with Crippen LogP contribution in [0.4, 0.5) is 0 Å². The first-order valence-electron chi connectivity index (χ1n) is 6.45. The molecule has 0 aliphatic heterocycles. The Bertz CT molecular complexity index is 205. The van der Waals surface area contributed by atoms with Crippen molar-refractivity contribution in [3.63, 3.8) is 0 Å². The molecule has 0 amide bonds. The number of ether oxygens (including phenoxy) is 1. The third-order valence-corrected chi connectivity index (χ3v) is 2.61. The molecule has 1 N–H and O–H groups in total. The number of rotatable bonds is 2. The summed E-state index contributed by atoms with van der Waals surface area (Å²) >= 11 is 0. The molecule has 4 nitrogen and oxygen atoms in total. The molecule has 0 spiro atoms. The maximum Gasteiger partial charge on any atom is 0.308 e. The van der Waals surface area contributed by atoms with Gasteiger partial charge in [-0.05, 0) is 25.7 Å². The number of hydrogen-bond acceptors (Lipinski definition) is 3. The van der Waals surface area contributed by atoms with Gasteiger partial charge in [-0.1, -0.05) is 27.7 Å². The molecule has 0 aromatic heterocycles. The van der Waals surface area contributed by atoms with Crippen LogP contribution < -0.4 is 0 Å². The molecule has 0 aromatic rings. The molecular formula is C13H26O4. The lowest BCUT2D eigenvalue weighted by Crippen LogP contribution is -2.26. The van der Waals surface area contributed by atoms with E-state index in [1.807, 2.05) is 27.7 Å². The Kier molecular flexibility index (Phi) is 12.3. The maximum atomic E-state index is 11.1. The molecule has 0 heterocycles. The summed E-state index contributed by atoms with van der Waals surface area (Å²) in [5.41, 5.74) is 0. The lowest BCUT2D eigenvalue weighted by molar-refractivity contribution is -0.150. The second-order valence-corrected chi connectivity index (χ2v) is 3.41. The van der Waals surface area contributed by atoms with Crippen molar-refractivity contribution >= 4 is 11.9 Å². The number of carbonyl (C=O) groups is 2. The molecular weight excluding hydrogens is 220 g/mol. The van der Waals surface area contributed by atoms with E-state index in [4.69, 9.17) is 5.11 Å². The van der Waals surface area contributed by atoms with Gasteiger partial charge in [0.1, 0.15) is 0 Å². The zero-order chi connectivity index (χ0) is 13.8. The number of esters is 1. The van der Waals surface area contributed by atoms with Crippen LogP contribution in [0.2, 0.25) is 0 Å². The highest BCUT2D eigenvalue weighted by molar-refractivity contribution is 5.74. The number of aliphatic carboxylic acids is 1. The second kappa shape index (κ2) is 11.4. The highest BCUT2D eigenvalue weighted by Crippen LogP contribution is 2.29. The van der Waals surface area contributed by atoms with Crippen molar-refractivity contribution in [2.24, 2.45) is 11.8 Å². The van der Waals surface area contributed by atoms with Gasteiger partial charge in [-0.15, -0.1) is 0 Å². The molecule has 1 aliphatic carbocycles. The van der Waals surface area contributed by atoms with Gasteiger partial charge in [-0.2, -0.15) is 0 Å². The van der Waals surface area contributed by atoms with Gasteiger partial charge in [-0.25, -0.2) is 0 Å². The van der Waals surface area contributed by atoms with Crippen molar-refractivity contribution in [2.75, 3.05) is 7.11 Å². The van der Waals surface area contributed by atoms with E-state index in [0.717, 1.165) is 0 Å². The normalized spacial score (nSPS) is 22.2. The highest BCUT2D eigenvalue weighted by Gasteiger charge is 2.29. The van der Waals surface area contributed by atoms with Crippen molar-refractivity contribution < 1.29 is 19.4 Å². The fourth-order valence-electron chi connectivity index (χ4n) is 1.74. The standard InChI is InChI=1S/C9H14O4.2C2H6/c1-13-9(12)7-4-2-6(3-5-7)8(10)11;2*1-2/h6-7H,2-5H2,1H3,(H,10,11);2*1-2H3. The van der Waals surface area contributed by atoms with Crippen LogP contribution in [0.25, 0.3) is 0 Å². The van der Waals surface area contributed by atoms with E-state index >= 15 is 0 Å². The number of hydrogen-bond donors (Lipinski definition) is 1. The first-order chi connectivity index (χ1) is 8.15. The average molecular weight is 246 g/mol. The van der Waals surface area contributed by atoms with Gasteiger partial charge >= 0.3 is 11.9 Å². The van der Waals surface area contributed by atoms with Gasteiger partial charge in [0, 0.05) is 0 Å². The zero-order valence-corrected chi connectivity index (χ0v) is 11.7. The molecule has 0 aromatic carbocycles. The maximum absolute atomic E-state index is 11.1. The molecule has 0 radical (unpaired) electrons. The first-order valence-corrected chi connectivity index (χ1v) is 6.45. The van der Waals surface area contributed by atoms with Gasteiger partial charge in [0.05, 0.1) is 18.9 Å².